The lowest BCUT2D eigenvalue weighted by Crippen LogP contribution is -2.26. The quantitative estimate of drug-likeness (QED) is 0.695. The lowest BCUT2D eigenvalue weighted by Gasteiger charge is -2.09. The Hall–Kier alpha value is -2.79. The molecule has 0 radical (unpaired) electrons. The number of hydrogen-bond donors (Lipinski definition) is 2. The number of benzene rings is 2. The Labute approximate surface area is 157 Å². The third-order valence-corrected chi connectivity index (χ3v) is 4.35. The lowest BCUT2D eigenvalue weighted by molar-refractivity contribution is 0.0953. The number of nitrogens with zero attached hydrogens (tertiary/aromatic N) is 2. The van der Waals surface area contributed by atoms with Crippen molar-refractivity contribution in [1.29, 1.82) is 0 Å². The van der Waals surface area contributed by atoms with Gasteiger partial charge in [0.1, 0.15) is 5.75 Å². The molecule has 2 aromatic carbocycles. The Bertz CT molecular complexity index is 921. The van der Waals surface area contributed by atoms with Gasteiger partial charge in [0.2, 0.25) is 0 Å². The molecular weight excluding hydrogens is 350 g/mol. The van der Waals surface area contributed by atoms with E-state index in [0.29, 0.717) is 30.0 Å². The normalized spacial score (nSPS) is 10.7. The Morgan fingerprint density at radius 2 is 2.04 bits per heavy atom. The molecule has 0 aliphatic rings. The molecule has 2 N–H and O–H groups in total. The molecule has 0 unspecified atom stereocenters. The molecule has 26 heavy (non-hydrogen) atoms. The molecule has 1 heterocycles. The topological polar surface area (TPSA) is 67.2 Å². The van der Waals surface area contributed by atoms with Crippen molar-refractivity contribution in [3.63, 3.8) is 0 Å². The molecule has 0 fully saturated rings. The second kappa shape index (κ2) is 8.06. The summed E-state index contributed by atoms with van der Waals surface area (Å²) in [4.78, 5) is 12.6. The number of amides is 1. The molecule has 5 nitrogen and oxygen atoms in total. The van der Waals surface area contributed by atoms with Gasteiger partial charge in [-0.25, -0.2) is 4.68 Å². The predicted octanol–water partition coefficient (Wildman–Crippen LogP) is 3.77. The van der Waals surface area contributed by atoms with Gasteiger partial charge >= 0.3 is 0 Å². The Balaban J connectivity index is 1.71. The highest BCUT2D eigenvalue weighted by Crippen LogP contribution is 2.19. The highest BCUT2D eigenvalue weighted by atomic mass is 35.5. The van der Waals surface area contributed by atoms with Crippen molar-refractivity contribution in [2.45, 2.75) is 19.8 Å². The zero-order chi connectivity index (χ0) is 18.5. The summed E-state index contributed by atoms with van der Waals surface area (Å²) in [5.41, 5.74) is 3.19. The van der Waals surface area contributed by atoms with Gasteiger partial charge in [-0.2, -0.15) is 5.10 Å². The largest absolute Gasteiger partial charge is 0.508 e. The average molecular weight is 370 g/mol. The van der Waals surface area contributed by atoms with Crippen molar-refractivity contribution in [3.8, 4) is 11.4 Å². The zero-order valence-corrected chi connectivity index (χ0v) is 15.2. The third-order valence-electron chi connectivity index (χ3n) is 4.11. The fourth-order valence-corrected chi connectivity index (χ4v) is 3.05. The van der Waals surface area contributed by atoms with Gasteiger partial charge in [-0.3, -0.25) is 4.79 Å². The van der Waals surface area contributed by atoms with Crippen LogP contribution in [0.4, 0.5) is 0 Å². The molecule has 0 saturated carbocycles. The van der Waals surface area contributed by atoms with E-state index in [-0.39, 0.29) is 11.7 Å². The maximum Gasteiger partial charge on any atom is 0.254 e. The van der Waals surface area contributed by atoms with Crippen molar-refractivity contribution >= 4 is 17.5 Å². The van der Waals surface area contributed by atoms with Crippen LogP contribution in [0.25, 0.3) is 5.69 Å². The number of phenols is 1. The van der Waals surface area contributed by atoms with E-state index >= 15 is 0 Å². The summed E-state index contributed by atoms with van der Waals surface area (Å²) in [6.45, 7) is 2.47. The number of aromatic hydroxyl groups is 1. The minimum absolute atomic E-state index is 0.157. The number of carbonyl (C=O) groups excluding carboxylic acids is 1. The molecular formula is C20H20ClN3O2. The first-order valence-electron chi connectivity index (χ1n) is 8.47. The molecule has 0 bridgehead atoms. The Kier molecular flexibility index (Phi) is 5.58. The third kappa shape index (κ3) is 4.06. The maximum absolute atomic E-state index is 12.6. The van der Waals surface area contributed by atoms with E-state index in [0.717, 1.165) is 16.9 Å². The SMILES string of the molecule is CCc1c(C(=O)NCCc2cccc(O)c2)cnn1-c1cccc(Cl)c1. The van der Waals surface area contributed by atoms with Gasteiger partial charge in [-0.05, 0) is 48.7 Å². The van der Waals surface area contributed by atoms with E-state index in [1.807, 2.05) is 31.2 Å². The molecule has 3 rings (SSSR count). The van der Waals surface area contributed by atoms with E-state index in [1.54, 1.807) is 35.1 Å². The highest BCUT2D eigenvalue weighted by Gasteiger charge is 2.17. The van der Waals surface area contributed by atoms with E-state index in [4.69, 9.17) is 11.6 Å². The van der Waals surface area contributed by atoms with Crippen molar-refractivity contribution in [3.05, 3.63) is 76.6 Å². The van der Waals surface area contributed by atoms with E-state index < -0.39 is 0 Å². The number of hydrogen-bond acceptors (Lipinski definition) is 3. The van der Waals surface area contributed by atoms with Crippen LogP contribution < -0.4 is 5.32 Å². The summed E-state index contributed by atoms with van der Waals surface area (Å²) in [5.74, 6) is 0.0696. The molecule has 6 heteroatoms. The molecule has 1 aromatic heterocycles. The summed E-state index contributed by atoms with van der Waals surface area (Å²) >= 11 is 6.06. The van der Waals surface area contributed by atoms with Gasteiger partial charge in [0.15, 0.2) is 0 Å². The number of halogens is 1. The summed E-state index contributed by atoms with van der Waals surface area (Å²) in [6.07, 6.45) is 2.90. The molecule has 1 amide bonds. The fourth-order valence-electron chi connectivity index (χ4n) is 2.86. The standard InChI is InChI=1S/C20H20ClN3O2/c1-2-19-18(13-23-24(19)16-7-4-6-15(21)12-16)20(26)22-10-9-14-5-3-8-17(25)11-14/h3-8,11-13,25H,2,9-10H2,1H3,(H,22,26). The summed E-state index contributed by atoms with van der Waals surface area (Å²) < 4.78 is 1.75. The van der Waals surface area contributed by atoms with Crippen LogP contribution in [0.2, 0.25) is 5.02 Å². The first-order valence-corrected chi connectivity index (χ1v) is 8.85. The van der Waals surface area contributed by atoms with Crippen LogP contribution in [0, 0.1) is 0 Å². The lowest BCUT2D eigenvalue weighted by atomic mass is 10.1. The Morgan fingerprint density at radius 1 is 1.23 bits per heavy atom. The van der Waals surface area contributed by atoms with E-state index in [9.17, 15) is 9.90 Å². The summed E-state index contributed by atoms with van der Waals surface area (Å²) in [6, 6.07) is 14.4. The van der Waals surface area contributed by atoms with Crippen LogP contribution in [-0.4, -0.2) is 27.3 Å². The molecule has 0 aliphatic carbocycles. The van der Waals surface area contributed by atoms with Crippen LogP contribution >= 0.6 is 11.6 Å². The smallest absolute Gasteiger partial charge is 0.254 e. The summed E-state index contributed by atoms with van der Waals surface area (Å²) in [7, 11) is 0. The first-order chi connectivity index (χ1) is 12.6. The van der Waals surface area contributed by atoms with Gasteiger partial charge in [-0.1, -0.05) is 36.7 Å². The highest BCUT2D eigenvalue weighted by molar-refractivity contribution is 6.30. The van der Waals surface area contributed by atoms with Crippen molar-refractivity contribution < 1.29 is 9.90 Å². The average Bonchev–Trinajstić information content (AvgIpc) is 3.06. The molecule has 3 aromatic rings. The van der Waals surface area contributed by atoms with E-state index in [2.05, 4.69) is 10.4 Å². The molecule has 134 valence electrons. The van der Waals surface area contributed by atoms with Crippen LogP contribution in [0.3, 0.4) is 0 Å². The molecule has 0 aliphatic heterocycles. The van der Waals surface area contributed by atoms with Crippen molar-refractivity contribution in [2.75, 3.05) is 6.54 Å². The zero-order valence-electron chi connectivity index (χ0n) is 14.4. The summed E-state index contributed by atoms with van der Waals surface area (Å²) in [5, 5.41) is 17.4. The van der Waals surface area contributed by atoms with Crippen LogP contribution in [0.1, 0.15) is 28.5 Å². The minimum atomic E-state index is -0.157. The first kappa shape index (κ1) is 18.0. The number of aromatic nitrogens is 2. The Morgan fingerprint density at radius 3 is 2.77 bits per heavy atom. The minimum Gasteiger partial charge on any atom is -0.508 e. The monoisotopic (exact) mass is 369 g/mol. The van der Waals surface area contributed by atoms with Gasteiger partial charge in [0.05, 0.1) is 23.1 Å². The van der Waals surface area contributed by atoms with Crippen molar-refractivity contribution in [1.82, 2.24) is 15.1 Å². The maximum atomic E-state index is 12.6. The van der Waals surface area contributed by atoms with Crippen LogP contribution in [0.5, 0.6) is 5.75 Å². The molecule has 0 atom stereocenters. The number of rotatable bonds is 6. The number of nitrogens with one attached hydrogen (secondary N) is 1. The second-order valence-corrected chi connectivity index (χ2v) is 6.36. The van der Waals surface area contributed by atoms with Crippen molar-refractivity contribution in [2.24, 2.45) is 0 Å². The molecule has 0 saturated heterocycles. The van der Waals surface area contributed by atoms with Gasteiger partial charge in [0.25, 0.3) is 5.91 Å². The predicted molar refractivity (Wildman–Crippen MR) is 102 cm³/mol. The number of phenolic OH excluding ortho intramolecular Hbond substituents is 1. The van der Waals surface area contributed by atoms with Crippen LogP contribution in [-0.2, 0) is 12.8 Å². The fraction of sp³-hybridized carbons (Fsp3) is 0.200. The van der Waals surface area contributed by atoms with Gasteiger partial charge in [0, 0.05) is 11.6 Å². The second-order valence-electron chi connectivity index (χ2n) is 5.93. The number of carbonyl (C=O) groups is 1. The van der Waals surface area contributed by atoms with Gasteiger partial charge < -0.3 is 10.4 Å². The van der Waals surface area contributed by atoms with Crippen LogP contribution in [0.15, 0.2) is 54.7 Å². The van der Waals surface area contributed by atoms with E-state index in [1.165, 1.54) is 0 Å². The van der Waals surface area contributed by atoms with Gasteiger partial charge in [-0.15, -0.1) is 0 Å². The molecule has 0 spiro atoms.